The summed E-state index contributed by atoms with van der Waals surface area (Å²) >= 11 is 1.48. The van der Waals surface area contributed by atoms with E-state index in [-0.39, 0.29) is 12.3 Å². The predicted molar refractivity (Wildman–Crippen MR) is 61.1 cm³/mol. The van der Waals surface area contributed by atoms with E-state index in [1.807, 2.05) is 17.8 Å². The minimum absolute atomic E-state index is 0.283. The van der Waals surface area contributed by atoms with Crippen molar-refractivity contribution in [3.8, 4) is 0 Å². The highest BCUT2D eigenvalue weighted by molar-refractivity contribution is 7.99. The number of hydrogen-bond donors (Lipinski definition) is 2. The molecule has 2 N–H and O–H groups in total. The summed E-state index contributed by atoms with van der Waals surface area (Å²) in [6.45, 7) is 0. The summed E-state index contributed by atoms with van der Waals surface area (Å²) in [7, 11) is 3.35. The molecule has 1 aromatic rings. The fourth-order valence-corrected chi connectivity index (χ4v) is 1.85. The average Bonchev–Trinajstić information content (AvgIpc) is 2.64. The Balaban J connectivity index is 2.23. The molecule has 1 aromatic heterocycles. The molecule has 6 nitrogen and oxygen atoms in total. The van der Waals surface area contributed by atoms with Crippen LogP contribution in [0.2, 0.25) is 0 Å². The van der Waals surface area contributed by atoms with E-state index in [1.54, 1.807) is 6.20 Å². The van der Waals surface area contributed by atoms with Gasteiger partial charge >= 0.3 is 6.03 Å². The lowest BCUT2D eigenvalue weighted by Gasteiger charge is -2.03. The lowest BCUT2D eigenvalue weighted by molar-refractivity contribution is -0.119. The van der Waals surface area contributed by atoms with E-state index < -0.39 is 6.03 Å². The third kappa shape index (κ3) is 3.93. The van der Waals surface area contributed by atoms with Crippen molar-refractivity contribution in [3.05, 3.63) is 12.4 Å². The zero-order chi connectivity index (χ0) is 12.0. The smallest absolute Gasteiger partial charge is 0.321 e. The van der Waals surface area contributed by atoms with E-state index in [2.05, 4.69) is 15.6 Å². The van der Waals surface area contributed by atoms with Crippen molar-refractivity contribution in [2.75, 3.05) is 12.8 Å². The van der Waals surface area contributed by atoms with Gasteiger partial charge in [0.15, 0.2) is 5.16 Å². The van der Waals surface area contributed by atoms with Crippen LogP contribution in [0.4, 0.5) is 4.79 Å². The number of aromatic nitrogens is 2. The quantitative estimate of drug-likeness (QED) is 0.747. The first-order chi connectivity index (χ1) is 7.63. The number of amides is 3. The van der Waals surface area contributed by atoms with Crippen LogP contribution in [-0.2, 0) is 11.8 Å². The van der Waals surface area contributed by atoms with Gasteiger partial charge in [0.2, 0.25) is 5.91 Å². The Bertz CT molecular complexity index is 377. The van der Waals surface area contributed by atoms with Crippen molar-refractivity contribution in [3.63, 3.8) is 0 Å². The fraction of sp³-hybridized carbons (Fsp3) is 0.444. The van der Waals surface area contributed by atoms with Crippen LogP contribution in [0.3, 0.4) is 0 Å². The Hall–Kier alpha value is -1.50. The summed E-state index contributed by atoms with van der Waals surface area (Å²) in [6.07, 6.45) is 3.82. The largest absolute Gasteiger partial charge is 0.341 e. The molecule has 0 atom stereocenters. The molecule has 0 bridgehead atoms. The van der Waals surface area contributed by atoms with Crippen molar-refractivity contribution in [1.29, 1.82) is 0 Å². The molecule has 3 amide bonds. The molecule has 0 aliphatic carbocycles. The highest BCUT2D eigenvalue weighted by Crippen LogP contribution is 2.14. The summed E-state index contributed by atoms with van der Waals surface area (Å²) in [5, 5.41) is 5.36. The van der Waals surface area contributed by atoms with E-state index in [0.29, 0.717) is 5.75 Å². The lowest BCUT2D eigenvalue weighted by Crippen LogP contribution is -2.37. The molecule has 88 valence electrons. The first-order valence-electron chi connectivity index (χ1n) is 4.75. The SMILES string of the molecule is CNC(=O)NC(=O)CCSc1nccn1C. The third-order valence-electron chi connectivity index (χ3n) is 1.82. The van der Waals surface area contributed by atoms with Gasteiger partial charge in [-0.1, -0.05) is 11.8 Å². The molecule has 0 unspecified atom stereocenters. The van der Waals surface area contributed by atoms with Crippen LogP contribution in [0.1, 0.15) is 6.42 Å². The van der Waals surface area contributed by atoms with Crippen molar-refractivity contribution in [1.82, 2.24) is 20.2 Å². The zero-order valence-electron chi connectivity index (χ0n) is 9.19. The molecule has 16 heavy (non-hydrogen) atoms. The first kappa shape index (κ1) is 12.6. The molecule has 0 saturated carbocycles. The Morgan fingerprint density at radius 3 is 2.88 bits per heavy atom. The Morgan fingerprint density at radius 2 is 2.31 bits per heavy atom. The monoisotopic (exact) mass is 242 g/mol. The fourth-order valence-electron chi connectivity index (χ4n) is 0.978. The highest BCUT2D eigenvalue weighted by Gasteiger charge is 2.06. The first-order valence-corrected chi connectivity index (χ1v) is 5.73. The van der Waals surface area contributed by atoms with E-state index in [9.17, 15) is 9.59 Å². The lowest BCUT2D eigenvalue weighted by atomic mass is 10.4. The van der Waals surface area contributed by atoms with Gasteiger partial charge in [-0.25, -0.2) is 9.78 Å². The van der Waals surface area contributed by atoms with E-state index in [0.717, 1.165) is 5.16 Å². The summed E-state index contributed by atoms with van der Waals surface area (Å²) in [5.41, 5.74) is 0. The van der Waals surface area contributed by atoms with Gasteiger partial charge in [0.25, 0.3) is 0 Å². The third-order valence-corrected chi connectivity index (χ3v) is 2.88. The molecule has 1 rings (SSSR count). The maximum atomic E-state index is 11.2. The number of aryl methyl sites for hydroxylation is 1. The number of nitrogens with one attached hydrogen (secondary N) is 2. The predicted octanol–water partition coefficient (Wildman–Crippen LogP) is 0.358. The van der Waals surface area contributed by atoms with Crippen LogP contribution >= 0.6 is 11.8 Å². The summed E-state index contributed by atoms with van der Waals surface area (Å²) in [6, 6.07) is -0.480. The van der Waals surface area contributed by atoms with Crippen molar-refractivity contribution >= 4 is 23.7 Å². The van der Waals surface area contributed by atoms with Gasteiger partial charge in [-0.2, -0.15) is 0 Å². The van der Waals surface area contributed by atoms with Gasteiger partial charge in [0.1, 0.15) is 0 Å². The van der Waals surface area contributed by atoms with Gasteiger partial charge in [-0.3, -0.25) is 10.1 Å². The normalized spacial score (nSPS) is 9.88. The second-order valence-electron chi connectivity index (χ2n) is 3.05. The highest BCUT2D eigenvalue weighted by atomic mass is 32.2. The molecule has 0 saturated heterocycles. The van der Waals surface area contributed by atoms with E-state index >= 15 is 0 Å². The second-order valence-corrected chi connectivity index (χ2v) is 4.11. The molecular weight excluding hydrogens is 228 g/mol. The standard InChI is InChI=1S/C9H14N4O2S/c1-10-8(15)12-7(14)3-6-16-9-11-4-5-13(9)2/h4-5H,3,6H2,1-2H3,(H2,10,12,14,15). The average molecular weight is 242 g/mol. The molecule has 0 radical (unpaired) electrons. The van der Waals surface area contributed by atoms with Gasteiger partial charge in [0.05, 0.1) is 0 Å². The number of urea groups is 1. The minimum Gasteiger partial charge on any atom is -0.341 e. The van der Waals surface area contributed by atoms with Crippen molar-refractivity contribution in [2.45, 2.75) is 11.6 Å². The summed E-state index contributed by atoms with van der Waals surface area (Å²) in [5.74, 6) is 0.300. The minimum atomic E-state index is -0.480. The number of imidazole rings is 1. The van der Waals surface area contributed by atoms with Crippen LogP contribution < -0.4 is 10.6 Å². The van der Waals surface area contributed by atoms with Crippen LogP contribution in [0.25, 0.3) is 0 Å². The van der Waals surface area contributed by atoms with Crippen molar-refractivity contribution in [2.24, 2.45) is 7.05 Å². The number of hydrogen-bond acceptors (Lipinski definition) is 4. The van der Waals surface area contributed by atoms with Gasteiger partial charge in [0, 0.05) is 38.7 Å². The summed E-state index contributed by atoms with van der Waals surface area (Å²) in [4.78, 5) is 26.1. The summed E-state index contributed by atoms with van der Waals surface area (Å²) < 4.78 is 1.88. The van der Waals surface area contributed by atoms with Crippen molar-refractivity contribution < 1.29 is 9.59 Å². The van der Waals surface area contributed by atoms with E-state index in [1.165, 1.54) is 18.8 Å². The Morgan fingerprint density at radius 1 is 1.56 bits per heavy atom. The maximum absolute atomic E-state index is 11.2. The van der Waals surface area contributed by atoms with Crippen LogP contribution in [-0.4, -0.2) is 34.3 Å². The zero-order valence-corrected chi connectivity index (χ0v) is 10.0. The second kappa shape index (κ2) is 6.16. The van der Waals surface area contributed by atoms with E-state index in [4.69, 9.17) is 0 Å². The van der Waals surface area contributed by atoms with Crippen LogP contribution in [0, 0.1) is 0 Å². The molecule has 0 aliphatic rings. The molecular formula is C9H14N4O2S. The molecule has 0 aliphatic heterocycles. The Kier molecular flexibility index (Phi) is 4.84. The number of rotatable bonds is 4. The van der Waals surface area contributed by atoms with Gasteiger partial charge < -0.3 is 9.88 Å². The van der Waals surface area contributed by atoms with Crippen LogP contribution in [0.15, 0.2) is 17.6 Å². The molecule has 0 fully saturated rings. The molecule has 7 heteroatoms. The van der Waals surface area contributed by atoms with Gasteiger partial charge in [-0.05, 0) is 0 Å². The van der Waals surface area contributed by atoms with Gasteiger partial charge in [-0.15, -0.1) is 0 Å². The Labute approximate surface area is 97.8 Å². The number of thioether (sulfide) groups is 1. The number of carbonyl (C=O) groups excluding carboxylic acids is 2. The molecule has 0 aromatic carbocycles. The van der Waals surface area contributed by atoms with Crippen LogP contribution in [0.5, 0.6) is 0 Å². The number of imide groups is 1. The number of carbonyl (C=O) groups is 2. The topological polar surface area (TPSA) is 76.0 Å². The number of nitrogens with zero attached hydrogens (tertiary/aromatic N) is 2. The molecule has 1 heterocycles. The molecule has 0 spiro atoms. The maximum Gasteiger partial charge on any atom is 0.321 e.